The number of likely N-dealkylation sites (N-methyl/N-ethyl adjacent to an activating group) is 1. The molecule has 21 heavy (non-hydrogen) atoms. The Labute approximate surface area is 123 Å². The van der Waals surface area contributed by atoms with E-state index in [2.05, 4.69) is 20.5 Å². The zero-order valence-electron chi connectivity index (χ0n) is 12.0. The number of likely N-dealkylation sites (tertiary alicyclic amines) is 1. The molecule has 4 rings (SSSR count). The molecule has 2 atom stereocenters. The second-order valence-electron chi connectivity index (χ2n) is 5.91. The average molecular weight is 282 g/mol. The lowest BCUT2D eigenvalue weighted by molar-refractivity contribution is 0.0643. The fraction of sp³-hybridized carbons (Fsp3) is 0.375. The van der Waals surface area contributed by atoms with Crippen LogP contribution in [0.15, 0.2) is 42.9 Å². The molecule has 4 heterocycles. The minimum absolute atomic E-state index is 0.129. The third kappa shape index (κ3) is 1.96. The Morgan fingerprint density at radius 2 is 2.10 bits per heavy atom. The Morgan fingerprint density at radius 1 is 1.24 bits per heavy atom. The molecule has 2 aromatic rings. The van der Waals surface area contributed by atoms with Crippen LogP contribution in [0.5, 0.6) is 0 Å². The van der Waals surface area contributed by atoms with E-state index in [9.17, 15) is 4.79 Å². The van der Waals surface area contributed by atoms with Crippen molar-refractivity contribution in [3.05, 3.63) is 54.1 Å². The number of pyridine rings is 1. The van der Waals surface area contributed by atoms with Crippen molar-refractivity contribution in [2.45, 2.75) is 18.6 Å². The first kappa shape index (κ1) is 12.6. The van der Waals surface area contributed by atoms with Gasteiger partial charge >= 0.3 is 0 Å². The number of rotatable bonds is 2. The maximum atomic E-state index is 12.4. The van der Waals surface area contributed by atoms with Crippen LogP contribution in [0.2, 0.25) is 0 Å². The van der Waals surface area contributed by atoms with Crippen molar-refractivity contribution in [1.29, 1.82) is 0 Å². The highest BCUT2D eigenvalue weighted by Gasteiger charge is 2.43. The highest BCUT2D eigenvalue weighted by Crippen LogP contribution is 2.33. The third-order valence-electron chi connectivity index (χ3n) is 4.64. The number of fused-ring (bicyclic) bond motifs is 3. The van der Waals surface area contributed by atoms with E-state index in [1.807, 2.05) is 42.5 Å². The minimum atomic E-state index is 0.129. The summed E-state index contributed by atoms with van der Waals surface area (Å²) in [5, 5.41) is 0. The smallest absolute Gasteiger partial charge is 0.270 e. The van der Waals surface area contributed by atoms with Crippen molar-refractivity contribution in [3.63, 3.8) is 0 Å². The molecule has 2 aliphatic heterocycles. The van der Waals surface area contributed by atoms with Crippen molar-refractivity contribution in [2.24, 2.45) is 0 Å². The summed E-state index contributed by atoms with van der Waals surface area (Å²) in [6, 6.07) is 8.57. The molecule has 0 radical (unpaired) electrons. The van der Waals surface area contributed by atoms with E-state index in [1.54, 1.807) is 6.20 Å². The Kier molecular flexibility index (Phi) is 2.82. The maximum absolute atomic E-state index is 12.4. The molecule has 0 aromatic carbocycles. The second kappa shape index (κ2) is 4.70. The van der Waals surface area contributed by atoms with Gasteiger partial charge in [-0.2, -0.15) is 0 Å². The monoisotopic (exact) mass is 282 g/mol. The molecule has 5 nitrogen and oxygen atoms in total. The van der Waals surface area contributed by atoms with Gasteiger partial charge in [-0.15, -0.1) is 0 Å². The maximum Gasteiger partial charge on any atom is 0.270 e. The summed E-state index contributed by atoms with van der Waals surface area (Å²) in [5.74, 6) is 0.129. The Balaban J connectivity index is 1.59. The van der Waals surface area contributed by atoms with Crippen LogP contribution in [-0.2, 0) is 6.54 Å². The van der Waals surface area contributed by atoms with Crippen molar-refractivity contribution >= 4 is 5.91 Å². The van der Waals surface area contributed by atoms with Gasteiger partial charge in [-0.3, -0.25) is 14.7 Å². The highest BCUT2D eigenvalue weighted by molar-refractivity contribution is 5.93. The van der Waals surface area contributed by atoms with E-state index in [-0.39, 0.29) is 11.9 Å². The minimum Gasteiger partial charge on any atom is -0.337 e. The van der Waals surface area contributed by atoms with Gasteiger partial charge in [0.15, 0.2) is 0 Å². The fourth-order valence-corrected chi connectivity index (χ4v) is 3.58. The fourth-order valence-electron chi connectivity index (χ4n) is 3.58. The molecule has 2 aromatic heterocycles. The van der Waals surface area contributed by atoms with E-state index < -0.39 is 0 Å². The first-order valence-corrected chi connectivity index (χ1v) is 7.29. The molecule has 0 spiro atoms. The molecular weight excluding hydrogens is 264 g/mol. The predicted octanol–water partition coefficient (Wildman–Crippen LogP) is 1.39. The van der Waals surface area contributed by atoms with Crippen LogP contribution in [0.3, 0.4) is 0 Å². The average Bonchev–Trinajstić information content (AvgIpc) is 3.12. The number of carbonyl (C=O) groups excluding carboxylic acids is 1. The molecule has 108 valence electrons. The van der Waals surface area contributed by atoms with Gasteiger partial charge in [0, 0.05) is 45.3 Å². The van der Waals surface area contributed by atoms with E-state index in [1.165, 1.54) is 5.56 Å². The Hall–Kier alpha value is -2.14. The summed E-state index contributed by atoms with van der Waals surface area (Å²) < 4.78 is 2.15. The zero-order valence-corrected chi connectivity index (χ0v) is 12.0. The Bertz CT molecular complexity index is 666. The van der Waals surface area contributed by atoms with E-state index in [0.29, 0.717) is 6.04 Å². The highest BCUT2D eigenvalue weighted by atomic mass is 16.2. The van der Waals surface area contributed by atoms with Crippen LogP contribution < -0.4 is 0 Å². The van der Waals surface area contributed by atoms with Crippen molar-refractivity contribution in [1.82, 2.24) is 19.4 Å². The number of hydrogen-bond donors (Lipinski definition) is 0. The molecular formula is C16H18N4O. The largest absolute Gasteiger partial charge is 0.337 e. The van der Waals surface area contributed by atoms with Crippen LogP contribution in [0, 0.1) is 0 Å². The van der Waals surface area contributed by atoms with Crippen molar-refractivity contribution in [2.75, 3.05) is 20.1 Å². The molecule has 1 amide bonds. The number of hydrogen-bond acceptors (Lipinski definition) is 3. The molecule has 0 saturated carbocycles. The van der Waals surface area contributed by atoms with Gasteiger partial charge in [-0.1, -0.05) is 6.07 Å². The first-order valence-electron chi connectivity index (χ1n) is 7.29. The molecule has 0 bridgehead atoms. The first-order chi connectivity index (χ1) is 10.2. The molecule has 0 aliphatic carbocycles. The summed E-state index contributed by atoms with van der Waals surface area (Å²) >= 11 is 0. The molecule has 1 saturated heterocycles. The van der Waals surface area contributed by atoms with Crippen molar-refractivity contribution < 1.29 is 4.79 Å². The van der Waals surface area contributed by atoms with Gasteiger partial charge in [0.25, 0.3) is 5.91 Å². The zero-order chi connectivity index (χ0) is 14.4. The van der Waals surface area contributed by atoms with Gasteiger partial charge in [-0.05, 0) is 23.8 Å². The molecule has 5 heteroatoms. The number of nitrogens with zero attached hydrogens (tertiary/aromatic N) is 4. The lowest BCUT2D eigenvalue weighted by Crippen LogP contribution is -2.48. The van der Waals surface area contributed by atoms with E-state index >= 15 is 0 Å². The molecule has 1 fully saturated rings. The summed E-state index contributed by atoms with van der Waals surface area (Å²) in [6.45, 7) is 2.78. The van der Waals surface area contributed by atoms with Crippen LogP contribution in [0.1, 0.15) is 22.1 Å². The van der Waals surface area contributed by atoms with Crippen LogP contribution in [0.4, 0.5) is 0 Å². The molecule has 0 N–H and O–H groups in total. The van der Waals surface area contributed by atoms with Gasteiger partial charge in [0.05, 0.1) is 12.1 Å². The summed E-state index contributed by atoms with van der Waals surface area (Å²) in [7, 11) is 1.92. The van der Waals surface area contributed by atoms with Gasteiger partial charge in [0.2, 0.25) is 0 Å². The van der Waals surface area contributed by atoms with E-state index in [0.717, 1.165) is 25.3 Å². The van der Waals surface area contributed by atoms with Gasteiger partial charge in [0.1, 0.15) is 5.69 Å². The summed E-state index contributed by atoms with van der Waals surface area (Å²) in [4.78, 5) is 20.9. The Morgan fingerprint density at radius 3 is 2.90 bits per heavy atom. The number of carbonyl (C=O) groups is 1. The second-order valence-corrected chi connectivity index (χ2v) is 5.91. The van der Waals surface area contributed by atoms with Crippen LogP contribution in [0.25, 0.3) is 0 Å². The van der Waals surface area contributed by atoms with Gasteiger partial charge in [-0.25, -0.2) is 0 Å². The topological polar surface area (TPSA) is 41.4 Å². The van der Waals surface area contributed by atoms with Crippen LogP contribution >= 0.6 is 0 Å². The number of aromatic nitrogens is 2. The summed E-state index contributed by atoms with van der Waals surface area (Å²) in [6.07, 6.45) is 5.75. The molecule has 0 unspecified atom stereocenters. The third-order valence-corrected chi connectivity index (χ3v) is 4.64. The number of amides is 1. The standard InChI is InChI=1S/C16H18N4O/c1-18-14-10-19(9-12-4-2-6-17-8-12)11-15(14)20-7-3-5-13(20)16(18)21/h2-8,14-15H,9-11H2,1H3/t14-,15+/m0/s1. The lowest BCUT2D eigenvalue weighted by Gasteiger charge is -2.35. The van der Waals surface area contributed by atoms with Crippen LogP contribution in [-0.4, -0.2) is 51.4 Å². The van der Waals surface area contributed by atoms with E-state index in [4.69, 9.17) is 0 Å². The SMILES string of the molecule is CN1C(=O)c2cccn2[C@@H]2CN(Cc3cccnc3)C[C@@H]21. The lowest BCUT2D eigenvalue weighted by atomic mass is 10.1. The normalized spacial score (nSPS) is 25.0. The van der Waals surface area contributed by atoms with Gasteiger partial charge < -0.3 is 9.47 Å². The molecule has 2 aliphatic rings. The van der Waals surface area contributed by atoms with Crippen molar-refractivity contribution in [3.8, 4) is 0 Å². The predicted molar refractivity (Wildman–Crippen MR) is 78.9 cm³/mol. The summed E-state index contributed by atoms with van der Waals surface area (Å²) in [5.41, 5.74) is 2.03. The quantitative estimate of drug-likeness (QED) is 0.836.